The molecule has 1 aromatic carbocycles. The number of hydrogen-bond donors (Lipinski definition) is 0. The third-order valence-electron chi connectivity index (χ3n) is 3.67. The molecule has 1 saturated heterocycles. The van der Waals surface area contributed by atoms with Crippen LogP contribution in [-0.4, -0.2) is 36.0 Å². The van der Waals surface area contributed by atoms with Crippen molar-refractivity contribution in [1.82, 2.24) is 4.90 Å². The Balaban J connectivity index is 1.60. The molecule has 0 aromatic heterocycles. The van der Waals surface area contributed by atoms with Gasteiger partial charge in [0.15, 0.2) is 0 Å². The number of rotatable bonds is 2. The van der Waals surface area contributed by atoms with Crippen molar-refractivity contribution in [1.29, 1.82) is 0 Å². The number of benzene rings is 1. The molecule has 2 unspecified atom stereocenters. The Bertz CT molecular complexity index is 440. The normalized spacial score (nSPS) is 27.9. The van der Waals surface area contributed by atoms with Crippen LogP contribution in [0.5, 0.6) is 5.75 Å². The second-order valence-corrected chi connectivity index (χ2v) is 5.81. The zero-order valence-electron chi connectivity index (χ0n) is 10.2. The van der Waals surface area contributed by atoms with Gasteiger partial charge in [-0.05, 0) is 37.6 Å². The second kappa shape index (κ2) is 5.06. The molecule has 2 aliphatic heterocycles. The highest BCUT2D eigenvalue weighted by atomic mass is 35.5. The Labute approximate surface area is 112 Å². The lowest BCUT2D eigenvalue weighted by Crippen LogP contribution is -2.41. The predicted octanol–water partition coefficient (Wildman–Crippen LogP) is 2.83. The molecule has 2 nitrogen and oxygen atoms in total. The summed E-state index contributed by atoms with van der Waals surface area (Å²) in [5, 5.41) is 0.264. The van der Waals surface area contributed by atoms with Gasteiger partial charge in [0.05, 0.1) is 0 Å². The first-order valence-electron chi connectivity index (χ1n) is 6.52. The van der Waals surface area contributed by atoms with E-state index in [2.05, 4.69) is 4.90 Å². The largest absolute Gasteiger partial charge is 0.488 e. The van der Waals surface area contributed by atoms with E-state index < -0.39 is 0 Å². The topological polar surface area (TPSA) is 12.5 Å². The maximum absolute atomic E-state index is 13.1. The van der Waals surface area contributed by atoms with Gasteiger partial charge in [0.1, 0.15) is 17.7 Å². The third kappa shape index (κ3) is 2.62. The van der Waals surface area contributed by atoms with Gasteiger partial charge in [0, 0.05) is 30.5 Å². The van der Waals surface area contributed by atoms with Crippen molar-refractivity contribution in [2.75, 3.05) is 19.6 Å². The molecule has 0 bridgehead atoms. The van der Waals surface area contributed by atoms with Gasteiger partial charge in [-0.25, -0.2) is 4.39 Å². The molecular formula is C14H17ClFNO. The number of ether oxygens (including phenoxy) is 1. The summed E-state index contributed by atoms with van der Waals surface area (Å²) in [7, 11) is 0. The number of hydrogen-bond acceptors (Lipinski definition) is 2. The van der Waals surface area contributed by atoms with Crippen LogP contribution in [0.25, 0.3) is 0 Å². The monoisotopic (exact) mass is 269 g/mol. The molecule has 0 N–H and O–H groups in total. The molecule has 3 rings (SSSR count). The summed E-state index contributed by atoms with van der Waals surface area (Å²) in [6, 6.07) is 4.76. The van der Waals surface area contributed by atoms with Gasteiger partial charge < -0.3 is 4.74 Å². The molecule has 2 atom stereocenters. The molecule has 98 valence electrons. The molecule has 1 aromatic rings. The van der Waals surface area contributed by atoms with E-state index in [-0.39, 0.29) is 17.3 Å². The van der Waals surface area contributed by atoms with Crippen molar-refractivity contribution in [2.45, 2.75) is 30.7 Å². The predicted molar refractivity (Wildman–Crippen MR) is 69.8 cm³/mol. The average molecular weight is 270 g/mol. The summed E-state index contributed by atoms with van der Waals surface area (Å²) >= 11 is 6.17. The minimum atomic E-state index is -0.184. The van der Waals surface area contributed by atoms with Crippen LogP contribution >= 0.6 is 11.6 Å². The Morgan fingerprint density at radius 1 is 1.44 bits per heavy atom. The number of fused-ring (bicyclic) bond motifs is 1. The van der Waals surface area contributed by atoms with Gasteiger partial charge in [-0.1, -0.05) is 0 Å². The summed E-state index contributed by atoms with van der Waals surface area (Å²) in [5.74, 6) is 0.651. The highest BCUT2D eigenvalue weighted by Crippen LogP contribution is 2.30. The van der Waals surface area contributed by atoms with E-state index in [0.717, 1.165) is 50.2 Å². The van der Waals surface area contributed by atoms with E-state index >= 15 is 0 Å². The highest BCUT2D eigenvalue weighted by Gasteiger charge is 2.27. The van der Waals surface area contributed by atoms with E-state index in [9.17, 15) is 4.39 Å². The van der Waals surface area contributed by atoms with E-state index in [1.165, 1.54) is 6.07 Å². The zero-order chi connectivity index (χ0) is 12.5. The summed E-state index contributed by atoms with van der Waals surface area (Å²) in [4.78, 5) is 2.36. The van der Waals surface area contributed by atoms with Crippen molar-refractivity contribution in [3.63, 3.8) is 0 Å². The SMILES string of the molecule is Fc1ccc2c(c1)CC(CN1CCCC(Cl)C1)O2. The van der Waals surface area contributed by atoms with Crippen molar-refractivity contribution in [3.05, 3.63) is 29.6 Å². The number of nitrogens with zero attached hydrogens (tertiary/aromatic N) is 1. The smallest absolute Gasteiger partial charge is 0.123 e. The van der Waals surface area contributed by atoms with Crippen LogP contribution in [0, 0.1) is 5.82 Å². The molecule has 0 saturated carbocycles. The van der Waals surface area contributed by atoms with Gasteiger partial charge in [0.25, 0.3) is 0 Å². The van der Waals surface area contributed by atoms with E-state index in [1.54, 1.807) is 12.1 Å². The fraction of sp³-hybridized carbons (Fsp3) is 0.571. The summed E-state index contributed by atoms with van der Waals surface area (Å²) in [6.07, 6.45) is 3.21. The molecule has 0 amide bonds. The number of halogens is 2. The first-order chi connectivity index (χ1) is 8.70. The fourth-order valence-corrected chi connectivity index (χ4v) is 3.19. The Morgan fingerprint density at radius 3 is 3.17 bits per heavy atom. The maximum Gasteiger partial charge on any atom is 0.123 e. The summed E-state index contributed by atoms with van der Waals surface area (Å²) in [6.45, 7) is 2.92. The average Bonchev–Trinajstić information content (AvgIpc) is 2.70. The molecule has 2 aliphatic rings. The lowest BCUT2D eigenvalue weighted by atomic mass is 10.1. The molecule has 0 radical (unpaired) electrons. The Hall–Kier alpha value is -0.800. The Kier molecular flexibility index (Phi) is 3.44. The maximum atomic E-state index is 13.1. The lowest BCUT2D eigenvalue weighted by molar-refractivity contribution is 0.135. The van der Waals surface area contributed by atoms with E-state index in [4.69, 9.17) is 16.3 Å². The number of piperidine rings is 1. The molecule has 18 heavy (non-hydrogen) atoms. The highest BCUT2D eigenvalue weighted by molar-refractivity contribution is 6.20. The Morgan fingerprint density at radius 2 is 2.33 bits per heavy atom. The van der Waals surface area contributed by atoms with Crippen LogP contribution in [0.15, 0.2) is 18.2 Å². The summed E-state index contributed by atoms with van der Waals surface area (Å²) in [5.41, 5.74) is 0.986. The number of likely N-dealkylation sites (tertiary alicyclic amines) is 1. The molecule has 2 heterocycles. The van der Waals surface area contributed by atoms with Crippen LogP contribution in [0.4, 0.5) is 4.39 Å². The second-order valence-electron chi connectivity index (χ2n) is 5.20. The zero-order valence-corrected chi connectivity index (χ0v) is 11.0. The van der Waals surface area contributed by atoms with Gasteiger partial charge in [-0.2, -0.15) is 0 Å². The van der Waals surface area contributed by atoms with E-state index in [1.807, 2.05) is 0 Å². The molecule has 1 fully saturated rings. The van der Waals surface area contributed by atoms with E-state index in [0.29, 0.717) is 0 Å². The first kappa shape index (κ1) is 12.2. The minimum Gasteiger partial charge on any atom is -0.488 e. The van der Waals surface area contributed by atoms with Crippen molar-refractivity contribution >= 4 is 11.6 Å². The standard InChI is InChI=1S/C14H17ClFNO/c15-11-2-1-5-17(8-11)9-13-7-10-6-12(16)3-4-14(10)18-13/h3-4,6,11,13H,1-2,5,7-9H2. The molecule has 4 heteroatoms. The fourth-order valence-electron chi connectivity index (χ4n) is 2.84. The molecule has 0 spiro atoms. The molecular weight excluding hydrogens is 253 g/mol. The third-order valence-corrected chi connectivity index (χ3v) is 4.03. The van der Waals surface area contributed by atoms with Crippen LogP contribution in [0.1, 0.15) is 18.4 Å². The van der Waals surface area contributed by atoms with Crippen molar-refractivity contribution in [2.24, 2.45) is 0 Å². The first-order valence-corrected chi connectivity index (χ1v) is 6.96. The quantitative estimate of drug-likeness (QED) is 0.766. The van der Waals surface area contributed by atoms with Gasteiger partial charge >= 0.3 is 0 Å². The summed E-state index contributed by atoms with van der Waals surface area (Å²) < 4.78 is 19.0. The van der Waals surface area contributed by atoms with Gasteiger partial charge in [-0.3, -0.25) is 4.90 Å². The molecule has 0 aliphatic carbocycles. The minimum absolute atomic E-state index is 0.142. The van der Waals surface area contributed by atoms with Crippen LogP contribution in [-0.2, 0) is 6.42 Å². The van der Waals surface area contributed by atoms with Crippen LogP contribution in [0.2, 0.25) is 0 Å². The lowest BCUT2D eigenvalue weighted by Gasteiger charge is -2.31. The van der Waals surface area contributed by atoms with Gasteiger partial charge in [-0.15, -0.1) is 11.6 Å². The van der Waals surface area contributed by atoms with Crippen molar-refractivity contribution < 1.29 is 9.13 Å². The van der Waals surface area contributed by atoms with Crippen LogP contribution < -0.4 is 4.74 Å². The van der Waals surface area contributed by atoms with Crippen LogP contribution in [0.3, 0.4) is 0 Å². The van der Waals surface area contributed by atoms with Gasteiger partial charge in [0.2, 0.25) is 0 Å². The van der Waals surface area contributed by atoms with Crippen molar-refractivity contribution in [3.8, 4) is 5.75 Å². The number of alkyl halides is 1.